The number of carboxylic acid groups (broad SMARTS) is 2. The summed E-state index contributed by atoms with van der Waals surface area (Å²) in [4.78, 5) is 20.0. The number of carboxylic acids is 2. The molecule has 0 aliphatic rings. The van der Waals surface area contributed by atoms with Crippen molar-refractivity contribution in [2.75, 3.05) is 13.2 Å². The summed E-state index contributed by atoms with van der Waals surface area (Å²) >= 11 is 0.974. The van der Waals surface area contributed by atoms with Crippen molar-refractivity contribution in [2.24, 2.45) is 0 Å². The topological polar surface area (TPSA) is 138 Å². The van der Waals surface area contributed by atoms with Gasteiger partial charge in [0.2, 0.25) is 0 Å². The zero-order valence-corrected chi connectivity index (χ0v) is 25.5. The van der Waals surface area contributed by atoms with Crippen LogP contribution in [-0.2, 0) is 24.4 Å². The maximum atomic E-state index is 10.2. The Balaban J connectivity index is 0. The van der Waals surface area contributed by atoms with Crippen LogP contribution in [0.2, 0.25) is 0.515 Å². The van der Waals surface area contributed by atoms with Crippen molar-refractivity contribution in [2.45, 2.75) is 122 Å². The molecule has 0 saturated carbocycles. The molecule has 0 amide bonds. The third-order valence-corrected chi connectivity index (χ3v) is 7.21. The van der Waals surface area contributed by atoms with Crippen molar-refractivity contribution < 1.29 is 37.5 Å². The van der Waals surface area contributed by atoms with Crippen LogP contribution in [0.4, 0.5) is 0 Å². The van der Waals surface area contributed by atoms with Gasteiger partial charge in [-0.1, -0.05) is 58.3 Å². The van der Waals surface area contributed by atoms with Crippen molar-refractivity contribution in [1.29, 1.82) is 0 Å². The van der Waals surface area contributed by atoms with Crippen LogP contribution < -0.4 is 0 Å². The molecule has 10 heteroatoms. The van der Waals surface area contributed by atoms with Gasteiger partial charge in [0.05, 0.1) is 6.42 Å². The second-order valence-corrected chi connectivity index (χ2v) is 12.0. The Kier molecular flexibility index (Phi) is 28.5. The minimum Gasteiger partial charge on any atom is -0.481 e. The molecule has 0 aromatic rings. The Hall–Kier alpha value is 0.446. The molecule has 0 fully saturated rings. The molecule has 0 heterocycles. The molecule has 0 aliphatic heterocycles. The third-order valence-electron chi connectivity index (χ3n) is 5.49. The van der Waals surface area contributed by atoms with E-state index in [1.165, 1.54) is 103 Å². The van der Waals surface area contributed by atoms with Crippen LogP contribution in [0.15, 0.2) is 0 Å². The number of unbranched alkanes of at least 4 members (excludes halogenated alkanes) is 15. The van der Waals surface area contributed by atoms with Gasteiger partial charge in [0.25, 0.3) is 10.1 Å². The van der Waals surface area contributed by atoms with Crippen LogP contribution in [0.1, 0.15) is 116 Å². The van der Waals surface area contributed by atoms with Gasteiger partial charge in [-0.3, -0.25) is 14.1 Å². The van der Waals surface area contributed by atoms with Crippen LogP contribution in [0.3, 0.4) is 0 Å². The van der Waals surface area contributed by atoms with E-state index >= 15 is 0 Å². The fourth-order valence-corrected chi connectivity index (χ4v) is 4.54. The van der Waals surface area contributed by atoms with Crippen LogP contribution in [0.5, 0.6) is 0 Å². The summed E-state index contributed by atoms with van der Waals surface area (Å²) in [6, 6.07) is 0. The first kappa shape index (κ1) is 36.6. The molecule has 0 spiro atoms. The Bertz CT molecular complexity index is 564. The fourth-order valence-electron chi connectivity index (χ4n) is 3.48. The molecule has 0 rings (SSSR count). The van der Waals surface area contributed by atoms with E-state index in [0.717, 1.165) is 62.2 Å². The predicted molar refractivity (Wildman–Crippen MR) is 136 cm³/mol. The molecule has 0 aliphatic carbocycles. The van der Waals surface area contributed by atoms with Gasteiger partial charge in [-0.15, -0.1) is 0 Å². The summed E-state index contributed by atoms with van der Waals surface area (Å²) in [6.07, 6.45) is 21.9. The van der Waals surface area contributed by atoms with Gasteiger partial charge >= 0.3 is 131 Å². The summed E-state index contributed by atoms with van der Waals surface area (Å²) in [5.74, 6) is -3.50. The molecule has 0 bridgehead atoms. The minimum absolute atomic E-state index is 0.974. The van der Waals surface area contributed by atoms with Gasteiger partial charge in [-0.2, -0.15) is 8.42 Å². The second-order valence-electron chi connectivity index (χ2n) is 8.86. The number of rotatable bonds is 23. The molecule has 1 unspecified atom stereocenters. The van der Waals surface area contributed by atoms with Gasteiger partial charge < -0.3 is 10.2 Å². The molecule has 34 heavy (non-hydrogen) atoms. The summed E-state index contributed by atoms with van der Waals surface area (Å²) in [7, 11) is -4.84. The van der Waals surface area contributed by atoms with Crippen molar-refractivity contribution in [3.05, 3.63) is 0 Å². The molecular formula is C24H47KO8S. The summed E-state index contributed by atoms with van der Waals surface area (Å²) in [6.45, 7) is 4.33. The Morgan fingerprint density at radius 2 is 1.12 bits per heavy atom. The number of hydrogen-bond donors (Lipinski definition) is 3. The zero-order chi connectivity index (χ0) is 26.1. The summed E-state index contributed by atoms with van der Waals surface area (Å²) in [5, 5.41) is 13.9. The van der Waals surface area contributed by atoms with Gasteiger partial charge in [0.15, 0.2) is 5.25 Å². The molecule has 8 nitrogen and oxygen atoms in total. The average molecular weight is 535 g/mol. The van der Waals surface area contributed by atoms with Crippen LogP contribution in [0.25, 0.3) is 0 Å². The average Bonchev–Trinajstić information content (AvgIpc) is 2.76. The molecule has 198 valence electrons. The van der Waals surface area contributed by atoms with Crippen LogP contribution in [0, 0.1) is 0 Å². The number of aliphatic carboxylic acids is 2. The molecule has 0 aromatic heterocycles. The SMILES string of the molecule is CCCCCCCCCCCCCCCCCCOC[CH2][K].O=C(O)CC(C(=O)O)S(=O)(=O)O. The second kappa shape index (κ2) is 26.5. The Morgan fingerprint density at radius 3 is 1.38 bits per heavy atom. The molecule has 0 saturated heterocycles. The Labute approximate surface area is 241 Å². The maximum absolute atomic E-state index is 10.2. The molecule has 3 N–H and O–H groups in total. The van der Waals surface area contributed by atoms with Crippen molar-refractivity contribution in [3.8, 4) is 0 Å². The van der Waals surface area contributed by atoms with E-state index in [1.54, 1.807) is 0 Å². The first-order chi connectivity index (χ1) is 16.2. The first-order valence-corrected chi connectivity index (χ1v) is 16.9. The standard InChI is InChI=1S/C20H41O.C4H6O7S.K/c1-3-5-6-7-8-9-10-11-12-13-14-15-16-17-18-19-20-21-4-2;5-3(6)1-2(4(7)8)12(9,10)11;/h2-20H2,1H3;2H,1H2,(H,5,6)(H,7,8)(H,9,10,11);. The van der Waals surface area contributed by atoms with Gasteiger partial charge in [0.1, 0.15) is 0 Å². The third kappa shape index (κ3) is 28.7. The zero-order valence-electron chi connectivity index (χ0n) is 21.5. The van der Waals surface area contributed by atoms with Crippen molar-refractivity contribution >= 4 is 71.0 Å². The van der Waals surface area contributed by atoms with Crippen LogP contribution >= 0.6 is 0 Å². The van der Waals surface area contributed by atoms with E-state index in [0.29, 0.717) is 0 Å². The quantitative estimate of drug-likeness (QED) is 0.0868. The molecule has 0 radical (unpaired) electrons. The predicted octanol–water partition coefficient (Wildman–Crippen LogP) is 5.65. The fraction of sp³-hybridized carbons (Fsp3) is 0.917. The van der Waals surface area contributed by atoms with E-state index in [4.69, 9.17) is 19.5 Å². The Morgan fingerprint density at radius 1 is 0.735 bits per heavy atom. The van der Waals surface area contributed by atoms with E-state index in [9.17, 15) is 18.0 Å². The number of ether oxygens (including phenoxy) is 1. The van der Waals surface area contributed by atoms with E-state index in [2.05, 4.69) is 6.92 Å². The monoisotopic (exact) mass is 534 g/mol. The van der Waals surface area contributed by atoms with Gasteiger partial charge in [0, 0.05) is 0 Å². The number of carbonyl (C=O) groups is 2. The molecular weight excluding hydrogens is 487 g/mol. The van der Waals surface area contributed by atoms with E-state index in [-0.39, 0.29) is 0 Å². The van der Waals surface area contributed by atoms with Crippen molar-refractivity contribution in [3.63, 3.8) is 0 Å². The van der Waals surface area contributed by atoms with Gasteiger partial charge in [-0.05, 0) is 0 Å². The normalized spacial score (nSPS) is 12.1. The summed E-state index contributed by atoms with van der Waals surface area (Å²) < 4.78 is 35.6. The van der Waals surface area contributed by atoms with Crippen LogP contribution in [-0.4, -0.2) is 103 Å². The van der Waals surface area contributed by atoms with Crippen molar-refractivity contribution in [1.82, 2.24) is 0 Å². The minimum atomic E-state index is -4.84. The summed E-state index contributed by atoms with van der Waals surface area (Å²) in [5.41, 5.74) is 0. The number of hydrogen-bond acceptors (Lipinski definition) is 5. The largest absolute Gasteiger partial charge is 0.481 e. The molecule has 1 atom stereocenters. The van der Waals surface area contributed by atoms with E-state index in [1.807, 2.05) is 0 Å². The van der Waals surface area contributed by atoms with E-state index < -0.39 is 33.7 Å². The smallest absolute Gasteiger partial charge is 0.325 e. The molecule has 0 aromatic carbocycles. The first-order valence-electron chi connectivity index (χ1n) is 13.1. The maximum Gasteiger partial charge on any atom is 0.325 e. The van der Waals surface area contributed by atoms with Gasteiger partial charge in [-0.25, -0.2) is 0 Å².